The molecule has 3 aromatic rings. The smallest absolute Gasteiger partial charge is 0.135 e. The highest BCUT2D eigenvalue weighted by Gasteiger charge is 2.09. The first-order valence-electron chi connectivity index (χ1n) is 6.72. The van der Waals surface area contributed by atoms with Crippen LogP contribution < -0.4 is 10.5 Å². The molecule has 3 aromatic carbocycles. The second-order valence-electron chi connectivity index (χ2n) is 4.89. The summed E-state index contributed by atoms with van der Waals surface area (Å²) in [7, 11) is 0. The Balaban J connectivity index is 2.14. The Morgan fingerprint density at radius 3 is 2.24 bits per heavy atom. The molecule has 0 aliphatic carbocycles. The molecule has 0 saturated carbocycles. The maximum Gasteiger partial charge on any atom is 0.135 e. The zero-order valence-corrected chi connectivity index (χ0v) is 12.5. The van der Waals surface area contributed by atoms with Gasteiger partial charge in [0.1, 0.15) is 16.5 Å². The Morgan fingerprint density at radius 2 is 1.52 bits per heavy atom. The fourth-order valence-corrected chi connectivity index (χ4v) is 2.54. The van der Waals surface area contributed by atoms with E-state index in [4.69, 9.17) is 22.7 Å². The fraction of sp³-hybridized carbons (Fsp3) is 0.0556. The van der Waals surface area contributed by atoms with Gasteiger partial charge in [0.2, 0.25) is 0 Å². The monoisotopic (exact) mass is 293 g/mol. The van der Waals surface area contributed by atoms with Crippen LogP contribution in [0.15, 0.2) is 60.7 Å². The summed E-state index contributed by atoms with van der Waals surface area (Å²) in [6, 6.07) is 19.8. The molecule has 3 rings (SSSR count). The van der Waals surface area contributed by atoms with Crippen molar-refractivity contribution in [2.45, 2.75) is 6.92 Å². The van der Waals surface area contributed by atoms with Gasteiger partial charge in [-0.1, -0.05) is 54.7 Å². The van der Waals surface area contributed by atoms with Gasteiger partial charge in [0, 0.05) is 10.9 Å². The lowest BCUT2D eigenvalue weighted by Gasteiger charge is -2.13. The van der Waals surface area contributed by atoms with Crippen LogP contribution in [0.3, 0.4) is 0 Å². The minimum absolute atomic E-state index is 0.397. The van der Waals surface area contributed by atoms with Crippen LogP contribution in [0.1, 0.15) is 11.1 Å². The van der Waals surface area contributed by atoms with Gasteiger partial charge in [-0.2, -0.15) is 0 Å². The molecule has 0 unspecified atom stereocenters. The third kappa shape index (κ3) is 2.60. The van der Waals surface area contributed by atoms with E-state index in [2.05, 4.69) is 0 Å². The van der Waals surface area contributed by atoms with Gasteiger partial charge in [-0.15, -0.1) is 0 Å². The Hall–Kier alpha value is -2.39. The van der Waals surface area contributed by atoms with Crippen molar-refractivity contribution < 1.29 is 4.74 Å². The molecule has 0 amide bonds. The number of para-hydroxylation sites is 1. The first kappa shape index (κ1) is 13.6. The number of hydrogen-bond donors (Lipinski definition) is 1. The van der Waals surface area contributed by atoms with E-state index >= 15 is 0 Å². The lowest BCUT2D eigenvalue weighted by atomic mass is 10.0. The quantitative estimate of drug-likeness (QED) is 0.718. The molecule has 0 radical (unpaired) electrons. The van der Waals surface area contributed by atoms with E-state index in [-0.39, 0.29) is 0 Å². The largest absolute Gasteiger partial charge is 0.456 e. The average Bonchev–Trinajstić information content (AvgIpc) is 2.49. The van der Waals surface area contributed by atoms with Crippen LogP contribution in [0.4, 0.5) is 0 Å². The zero-order chi connectivity index (χ0) is 14.8. The van der Waals surface area contributed by atoms with Crippen LogP contribution in [0.25, 0.3) is 10.8 Å². The second-order valence-corrected chi connectivity index (χ2v) is 5.33. The molecular weight excluding hydrogens is 278 g/mol. The SMILES string of the molecule is Cc1ccccc1Oc1ccc(C(N)=S)c2ccccc12. The lowest BCUT2D eigenvalue weighted by molar-refractivity contribution is 0.484. The number of rotatable bonds is 3. The first-order chi connectivity index (χ1) is 10.2. The Morgan fingerprint density at radius 1 is 0.857 bits per heavy atom. The predicted molar refractivity (Wildman–Crippen MR) is 91.1 cm³/mol. The maximum absolute atomic E-state index is 6.07. The van der Waals surface area contributed by atoms with E-state index in [1.165, 1.54) is 0 Å². The molecule has 0 spiro atoms. The van der Waals surface area contributed by atoms with E-state index in [1.807, 2.05) is 67.6 Å². The molecular formula is C18H15NOS. The number of hydrogen-bond acceptors (Lipinski definition) is 2. The molecule has 104 valence electrons. The first-order valence-corrected chi connectivity index (χ1v) is 7.12. The Bertz CT molecular complexity index is 826. The molecule has 0 aromatic heterocycles. The summed E-state index contributed by atoms with van der Waals surface area (Å²) in [6.45, 7) is 2.03. The summed E-state index contributed by atoms with van der Waals surface area (Å²) in [5.74, 6) is 1.66. The van der Waals surface area contributed by atoms with Gasteiger partial charge >= 0.3 is 0 Å². The highest BCUT2D eigenvalue weighted by atomic mass is 32.1. The molecule has 2 nitrogen and oxygen atoms in total. The van der Waals surface area contributed by atoms with E-state index in [0.29, 0.717) is 4.99 Å². The molecule has 0 atom stereocenters. The van der Waals surface area contributed by atoms with Crippen molar-refractivity contribution in [3.8, 4) is 11.5 Å². The number of fused-ring (bicyclic) bond motifs is 1. The molecule has 0 heterocycles. The molecule has 0 aliphatic rings. The van der Waals surface area contributed by atoms with Crippen molar-refractivity contribution in [2.75, 3.05) is 0 Å². The molecule has 0 aliphatic heterocycles. The van der Waals surface area contributed by atoms with Crippen LogP contribution in [0.5, 0.6) is 11.5 Å². The molecule has 0 fully saturated rings. The van der Waals surface area contributed by atoms with Gasteiger partial charge in [-0.25, -0.2) is 0 Å². The van der Waals surface area contributed by atoms with Crippen molar-refractivity contribution in [1.29, 1.82) is 0 Å². The van der Waals surface area contributed by atoms with Gasteiger partial charge in [0.15, 0.2) is 0 Å². The average molecular weight is 293 g/mol. The maximum atomic E-state index is 6.07. The van der Waals surface area contributed by atoms with Crippen molar-refractivity contribution >= 4 is 28.0 Å². The van der Waals surface area contributed by atoms with Gasteiger partial charge in [0.25, 0.3) is 0 Å². The van der Waals surface area contributed by atoms with E-state index in [1.54, 1.807) is 0 Å². The van der Waals surface area contributed by atoms with Crippen LogP contribution in [-0.4, -0.2) is 4.99 Å². The number of nitrogens with two attached hydrogens (primary N) is 1. The second kappa shape index (κ2) is 5.54. The summed E-state index contributed by atoms with van der Waals surface area (Å²) in [5.41, 5.74) is 7.77. The normalized spacial score (nSPS) is 10.5. The zero-order valence-electron chi connectivity index (χ0n) is 11.7. The minimum Gasteiger partial charge on any atom is -0.456 e. The van der Waals surface area contributed by atoms with Crippen molar-refractivity contribution in [2.24, 2.45) is 5.73 Å². The third-order valence-electron chi connectivity index (χ3n) is 3.46. The number of aryl methyl sites for hydroxylation is 1. The molecule has 2 N–H and O–H groups in total. The minimum atomic E-state index is 0.397. The van der Waals surface area contributed by atoms with Crippen LogP contribution in [-0.2, 0) is 0 Å². The summed E-state index contributed by atoms with van der Waals surface area (Å²) < 4.78 is 6.07. The molecule has 0 saturated heterocycles. The van der Waals surface area contributed by atoms with Crippen molar-refractivity contribution in [3.05, 3.63) is 71.8 Å². The highest BCUT2D eigenvalue weighted by Crippen LogP contribution is 2.33. The van der Waals surface area contributed by atoms with Gasteiger partial charge < -0.3 is 10.5 Å². The lowest BCUT2D eigenvalue weighted by Crippen LogP contribution is -2.09. The standard InChI is InChI=1S/C18H15NOS/c1-12-6-2-5-9-16(12)20-17-11-10-15(18(19)21)13-7-3-4-8-14(13)17/h2-11H,1H3,(H2,19,21). The van der Waals surface area contributed by atoms with Crippen molar-refractivity contribution in [1.82, 2.24) is 0 Å². The molecule has 3 heteroatoms. The fourth-order valence-electron chi connectivity index (χ4n) is 2.36. The number of benzene rings is 3. The summed E-state index contributed by atoms with van der Waals surface area (Å²) in [5, 5.41) is 2.02. The van der Waals surface area contributed by atoms with Gasteiger partial charge in [0.05, 0.1) is 0 Å². The number of ether oxygens (including phenoxy) is 1. The highest BCUT2D eigenvalue weighted by molar-refractivity contribution is 7.80. The topological polar surface area (TPSA) is 35.2 Å². The van der Waals surface area contributed by atoms with Crippen molar-refractivity contribution in [3.63, 3.8) is 0 Å². The van der Waals surface area contributed by atoms with Crippen LogP contribution in [0.2, 0.25) is 0 Å². The van der Waals surface area contributed by atoms with E-state index < -0.39 is 0 Å². The Kier molecular flexibility index (Phi) is 3.59. The summed E-state index contributed by atoms with van der Waals surface area (Å²) in [4.78, 5) is 0.397. The van der Waals surface area contributed by atoms with Crippen LogP contribution in [0, 0.1) is 6.92 Å². The summed E-state index contributed by atoms with van der Waals surface area (Å²) in [6.07, 6.45) is 0. The molecule has 21 heavy (non-hydrogen) atoms. The van der Waals surface area contributed by atoms with Gasteiger partial charge in [-0.3, -0.25) is 0 Å². The van der Waals surface area contributed by atoms with E-state index in [0.717, 1.165) is 33.4 Å². The number of thiocarbonyl (C=S) groups is 1. The third-order valence-corrected chi connectivity index (χ3v) is 3.68. The predicted octanol–water partition coefficient (Wildman–Crippen LogP) is 4.57. The molecule has 0 bridgehead atoms. The summed E-state index contributed by atoms with van der Waals surface area (Å²) >= 11 is 5.12. The van der Waals surface area contributed by atoms with Crippen LogP contribution >= 0.6 is 12.2 Å². The Labute approximate surface area is 129 Å². The van der Waals surface area contributed by atoms with E-state index in [9.17, 15) is 0 Å². The van der Waals surface area contributed by atoms with Gasteiger partial charge in [-0.05, 0) is 36.1 Å².